The largest absolute Gasteiger partial charge is 0.311 e. The van der Waals surface area contributed by atoms with Crippen LogP contribution in [0.5, 0.6) is 0 Å². The van der Waals surface area contributed by atoms with E-state index in [1.165, 1.54) is 24.3 Å². The molecule has 2 aromatic heterocycles. The van der Waals surface area contributed by atoms with E-state index in [2.05, 4.69) is 20.3 Å². The minimum atomic E-state index is 0.597. The minimum absolute atomic E-state index is 0.597. The highest BCUT2D eigenvalue weighted by Gasteiger charge is 2.41. The van der Waals surface area contributed by atoms with Crippen molar-refractivity contribution < 1.29 is 0 Å². The Hall–Kier alpha value is -1.07. The van der Waals surface area contributed by atoms with Gasteiger partial charge >= 0.3 is 0 Å². The SMILES string of the molecule is c1cnc2sc(C3CC4CCC3N4)nc2n1. The molecule has 2 aliphatic rings. The molecule has 0 aliphatic carbocycles. The maximum absolute atomic E-state index is 4.62. The number of nitrogens with zero attached hydrogens (tertiary/aromatic N) is 3. The molecule has 0 radical (unpaired) electrons. The highest BCUT2D eigenvalue weighted by molar-refractivity contribution is 7.18. The first kappa shape index (κ1) is 9.01. The third kappa shape index (κ3) is 1.21. The zero-order valence-electron chi connectivity index (χ0n) is 8.76. The van der Waals surface area contributed by atoms with Crippen LogP contribution in [-0.4, -0.2) is 27.0 Å². The predicted octanol–water partition coefficient (Wildman–Crippen LogP) is 1.69. The summed E-state index contributed by atoms with van der Waals surface area (Å²) >= 11 is 1.71. The molecule has 2 fully saturated rings. The summed E-state index contributed by atoms with van der Waals surface area (Å²) in [7, 11) is 0. The van der Waals surface area contributed by atoms with E-state index < -0.39 is 0 Å². The van der Waals surface area contributed by atoms with Crippen molar-refractivity contribution >= 4 is 21.8 Å². The second kappa shape index (κ2) is 3.21. The van der Waals surface area contributed by atoms with Gasteiger partial charge in [-0.3, -0.25) is 0 Å². The third-order valence-corrected chi connectivity index (χ3v) is 4.77. The number of hydrogen-bond donors (Lipinski definition) is 1. The smallest absolute Gasteiger partial charge is 0.189 e. The van der Waals surface area contributed by atoms with Crippen LogP contribution < -0.4 is 5.32 Å². The molecule has 3 unspecified atom stereocenters. The Morgan fingerprint density at radius 3 is 2.94 bits per heavy atom. The molecule has 1 N–H and O–H groups in total. The van der Waals surface area contributed by atoms with Crippen LogP contribution in [0.15, 0.2) is 12.4 Å². The Labute approximate surface area is 97.1 Å². The number of aromatic nitrogens is 3. The molecule has 2 aliphatic heterocycles. The first-order valence-electron chi connectivity index (χ1n) is 5.73. The van der Waals surface area contributed by atoms with Gasteiger partial charge in [0, 0.05) is 30.4 Å². The van der Waals surface area contributed by atoms with E-state index in [4.69, 9.17) is 0 Å². The summed E-state index contributed by atoms with van der Waals surface area (Å²) in [6.45, 7) is 0. The topological polar surface area (TPSA) is 50.7 Å². The van der Waals surface area contributed by atoms with Crippen molar-refractivity contribution in [2.75, 3.05) is 0 Å². The van der Waals surface area contributed by atoms with Crippen LogP contribution in [0.1, 0.15) is 30.2 Å². The van der Waals surface area contributed by atoms with Crippen LogP contribution in [-0.2, 0) is 0 Å². The minimum Gasteiger partial charge on any atom is -0.311 e. The van der Waals surface area contributed by atoms with Crippen LogP contribution in [0.3, 0.4) is 0 Å². The lowest BCUT2D eigenvalue weighted by Gasteiger charge is -2.16. The Kier molecular flexibility index (Phi) is 1.81. The second-order valence-corrected chi connectivity index (χ2v) is 5.64. The highest BCUT2D eigenvalue weighted by Crippen LogP contribution is 2.41. The number of hydrogen-bond acceptors (Lipinski definition) is 5. The van der Waals surface area contributed by atoms with Gasteiger partial charge in [0.25, 0.3) is 0 Å². The van der Waals surface area contributed by atoms with E-state index in [-0.39, 0.29) is 0 Å². The third-order valence-electron chi connectivity index (χ3n) is 3.68. The summed E-state index contributed by atoms with van der Waals surface area (Å²) in [6.07, 6.45) is 7.33. The molecule has 0 saturated carbocycles. The molecule has 4 rings (SSSR count). The van der Waals surface area contributed by atoms with Crippen molar-refractivity contribution in [2.24, 2.45) is 0 Å². The standard InChI is InChI=1S/C11H12N4S/c1-2-8-7(5-6(1)14-8)10-15-9-11(16-10)13-4-3-12-9/h3-4,6-8,14H,1-2,5H2. The van der Waals surface area contributed by atoms with Gasteiger partial charge in [0.2, 0.25) is 0 Å². The summed E-state index contributed by atoms with van der Waals surface area (Å²) in [4.78, 5) is 14.2. The van der Waals surface area contributed by atoms with E-state index in [9.17, 15) is 0 Å². The Bertz CT molecular complexity index is 505. The Balaban J connectivity index is 1.76. The average molecular weight is 232 g/mol. The summed E-state index contributed by atoms with van der Waals surface area (Å²) in [5, 5.41) is 4.87. The molecular weight excluding hydrogens is 220 g/mol. The molecule has 4 heterocycles. The van der Waals surface area contributed by atoms with Gasteiger partial charge in [-0.2, -0.15) is 0 Å². The molecule has 5 heteroatoms. The molecule has 0 spiro atoms. The number of thiazole rings is 1. The predicted molar refractivity (Wildman–Crippen MR) is 62.5 cm³/mol. The van der Waals surface area contributed by atoms with E-state index in [1.807, 2.05) is 0 Å². The molecule has 2 aromatic rings. The second-order valence-electron chi connectivity index (χ2n) is 4.63. The first-order chi connectivity index (χ1) is 7.90. The molecule has 0 aromatic carbocycles. The molecule has 3 atom stereocenters. The number of rotatable bonds is 1. The lowest BCUT2D eigenvalue weighted by Crippen LogP contribution is -2.21. The van der Waals surface area contributed by atoms with Crippen LogP contribution in [0, 0.1) is 0 Å². The van der Waals surface area contributed by atoms with Gasteiger partial charge in [-0.1, -0.05) is 11.3 Å². The van der Waals surface area contributed by atoms with Crippen molar-refractivity contribution in [1.82, 2.24) is 20.3 Å². The Morgan fingerprint density at radius 1 is 1.25 bits per heavy atom. The maximum Gasteiger partial charge on any atom is 0.189 e. The van der Waals surface area contributed by atoms with Gasteiger partial charge < -0.3 is 5.32 Å². The lowest BCUT2D eigenvalue weighted by molar-refractivity contribution is 0.505. The highest BCUT2D eigenvalue weighted by atomic mass is 32.1. The molecule has 4 nitrogen and oxygen atoms in total. The van der Waals surface area contributed by atoms with Gasteiger partial charge in [-0.05, 0) is 19.3 Å². The molecule has 82 valence electrons. The zero-order chi connectivity index (χ0) is 10.5. The van der Waals surface area contributed by atoms with Crippen molar-refractivity contribution in [3.63, 3.8) is 0 Å². The fourth-order valence-corrected chi connectivity index (χ4v) is 3.99. The maximum atomic E-state index is 4.62. The summed E-state index contributed by atoms with van der Waals surface area (Å²) in [5.41, 5.74) is 0.810. The fraction of sp³-hybridized carbons (Fsp3) is 0.545. The van der Waals surface area contributed by atoms with E-state index in [0.29, 0.717) is 12.0 Å². The van der Waals surface area contributed by atoms with Gasteiger partial charge in [-0.25, -0.2) is 15.0 Å². The van der Waals surface area contributed by atoms with Crippen LogP contribution in [0.4, 0.5) is 0 Å². The van der Waals surface area contributed by atoms with Crippen molar-refractivity contribution in [1.29, 1.82) is 0 Å². The van der Waals surface area contributed by atoms with E-state index in [1.54, 1.807) is 23.7 Å². The van der Waals surface area contributed by atoms with Crippen molar-refractivity contribution in [3.8, 4) is 0 Å². The van der Waals surface area contributed by atoms with Crippen LogP contribution >= 0.6 is 11.3 Å². The van der Waals surface area contributed by atoms with Crippen molar-refractivity contribution in [3.05, 3.63) is 17.4 Å². The van der Waals surface area contributed by atoms with E-state index in [0.717, 1.165) is 16.5 Å². The summed E-state index contributed by atoms with van der Waals surface area (Å²) in [6, 6.07) is 1.37. The van der Waals surface area contributed by atoms with Gasteiger partial charge in [0.05, 0.1) is 0 Å². The average Bonchev–Trinajstić information content (AvgIpc) is 3.02. The molecule has 2 saturated heterocycles. The normalized spacial score (nSPS) is 32.6. The van der Waals surface area contributed by atoms with Crippen molar-refractivity contribution in [2.45, 2.75) is 37.3 Å². The molecule has 2 bridgehead atoms. The van der Waals surface area contributed by atoms with Gasteiger partial charge in [0.1, 0.15) is 5.01 Å². The summed E-state index contributed by atoms with van der Waals surface area (Å²) in [5.74, 6) is 0.597. The summed E-state index contributed by atoms with van der Waals surface area (Å²) < 4.78 is 0. The fourth-order valence-electron chi connectivity index (χ4n) is 2.95. The van der Waals surface area contributed by atoms with Crippen LogP contribution in [0.25, 0.3) is 10.5 Å². The number of nitrogens with one attached hydrogen (secondary N) is 1. The molecule has 16 heavy (non-hydrogen) atoms. The van der Waals surface area contributed by atoms with Gasteiger partial charge in [-0.15, -0.1) is 0 Å². The molecular formula is C11H12N4S. The van der Waals surface area contributed by atoms with E-state index >= 15 is 0 Å². The van der Waals surface area contributed by atoms with Gasteiger partial charge in [0.15, 0.2) is 10.5 Å². The zero-order valence-corrected chi connectivity index (χ0v) is 9.57. The monoisotopic (exact) mass is 232 g/mol. The number of fused-ring (bicyclic) bond motifs is 3. The Morgan fingerprint density at radius 2 is 2.19 bits per heavy atom. The quantitative estimate of drug-likeness (QED) is 0.813. The van der Waals surface area contributed by atoms with Crippen LogP contribution in [0.2, 0.25) is 0 Å². The molecule has 0 amide bonds. The first-order valence-corrected chi connectivity index (χ1v) is 6.55. The lowest BCUT2D eigenvalue weighted by atomic mass is 9.90.